The summed E-state index contributed by atoms with van der Waals surface area (Å²) in [7, 11) is 0. The number of piperidine rings is 1. The molecule has 1 unspecified atom stereocenters. The first-order valence-electron chi connectivity index (χ1n) is 10.5. The summed E-state index contributed by atoms with van der Waals surface area (Å²) in [4.78, 5) is 24.5. The highest BCUT2D eigenvalue weighted by Gasteiger charge is 2.28. The molecule has 0 radical (unpaired) electrons. The van der Waals surface area contributed by atoms with Crippen molar-refractivity contribution in [2.45, 2.75) is 76.7 Å². The molecule has 5 heteroatoms. The Kier molecular flexibility index (Phi) is 7.14. The van der Waals surface area contributed by atoms with Gasteiger partial charge in [-0.25, -0.2) is 0 Å². The fraction of sp³-hybridized carbons (Fsp3) is 0.900. The van der Waals surface area contributed by atoms with Crippen LogP contribution in [0.1, 0.15) is 70.6 Å². The van der Waals surface area contributed by atoms with Crippen LogP contribution in [0.25, 0.3) is 0 Å². The molecular formula is C20H35N3O2. The van der Waals surface area contributed by atoms with E-state index in [2.05, 4.69) is 16.0 Å². The summed E-state index contributed by atoms with van der Waals surface area (Å²) in [6.07, 6.45) is 11.8. The van der Waals surface area contributed by atoms with Crippen LogP contribution in [0.4, 0.5) is 0 Å². The lowest BCUT2D eigenvalue weighted by Gasteiger charge is -2.29. The molecule has 1 heterocycles. The van der Waals surface area contributed by atoms with Crippen molar-refractivity contribution < 1.29 is 9.59 Å². The molecule has 3 fully saturated rings. The molecule has 2 aliphatic carbocycles. The van der Waals surface area contributed by atoms with Crippen LogP contribution in [-0.4, -0.2) is 37.5 Å². The Morgan fingerprint density at radius 2 is 1.60 bits per heavy atom. The third kappa shape index (κ3) is 5.98. The zero-order valence-electron chi connectivity index (χ0n) is 15.5. The summed E-state index contributed by atoms with van der Waals surface area (Å²) >= 11 is 0. The Morgan fingerprint density at radius 3 is 2.28 bits per heavy atom. The molecule has 1 saturated heterocycles. The Hall–Kier alpha value is -1.10. The SMILES string of the molecule is O=C(CC1CCCC1)NC1CCC(C(=O)NCC2CCCNC2)CC1. The predicted octanol–water partition coefficient (Wildman–Crippen LogP) is 2.36. The molecule has 3 N–H and O–H groups in total. The second-order valence-electron chi connectivity index (χ2n) is 8.43. The number of rotatable bonds is 6. The molecule has 0 aromatic heterocycles. The van der Waals surface area contributed by atoms with Crippen molar-refractivity contribution in [2.75, 3.05) is 19.6 Å². The molecule has 0 bridgehead atoms. The van der Waals surface area contributed by atoms with Gasteiger partial charge in [-0.1, -0.05) is 12.8 Å². The van der Waals surface area contributed by atoms with Crippen LogP contribution in [0.15, 0.2) is 0 Å². The number of hydrogen-bond donors (Lipinski definition) is 3. The van der Waals surface area contributed by atoms with E-state index in [0.717, 1.165) is 45.3 Å². The van der Waals surface area contributed by atoms with E-state index in [0.29, 0.717) is 18.3 Å². The molecule has 5 nitrogen and oxygen atoms in total. The molecule has 0 aromatic rings. The molecule has 25 heavy (non-hydrogen) atoms. The third-order valence-electron chi connectivity index (χ3n) is 6.38. The molecule has 1 atom stereocenters. The molecule has 1 aliphatic heterocycles. The van der Waals surface area contributed by atoms with Gasteiger partial charge in [0.15, 0.2) is 0 Å². The molecule has 0 spiro atoms. The van der Waals surface area contributed by atoms with Gasteiger partial charge < -0.3 is 16.0 Å². The fourth-order valence-electron chi connectivity index (χ4n) is 4.75. The summed E-state index contributed by atoms with van der Waals surface area (Å²) in [5.74, 6) is 1.78. The minimum Gasteiger partial charge on any atom is -0.356 e. The Morgan fingerprint density at radius 1 is 0.880 bits per heavy atom. The zero-order valence-corrected chi connectivity index (χ0v) is 15.5. The van der Waals surface area contributed by atoms with Gasteiger partial charge in [-0.15, -0.1) is 0 Å². The molecule has 3 rings (SSSR count). The van der Waals surface area contributed by atoms with Gasteiger partial charge in [-0.2, -0.15) is 0 Å². The second kappa shape index (κ2) is 9.56. The van der Waals surface area contributed by atoms with Crippen molar-refractivity contribution in [1.29, 1.82) is 0 Å². The summed E-state index contributed by atoms with van der Waals surface area (Å²) in [6.45, 7) is 2.95. The summed E-state index contributed by atoms with van der Waals surface area (Å²) in [6, 6.07) is 0.278. The highest BCUT2D eigenvalue weighted by molar-refractivity contribution is 5.79. The Bertz CT molecular complexity index is 434. The van der Waals surface area contributed by atoms with Gasteiger partial charge in [-0.05, 0) is 76.3 Å². The van der Waals surface area contributed by atoms with Crippen LogP contribution in [0, 0.1) is 17.8 Å². The maximum absolute atomic E-state index is 12.4. The van der Waals surface area contributed by atoms with Crippen LogP contribution in [-0.2, 0) is 9.59 Å². The number of carbonyl (C=O) groups is 2. The first-order valence-corrected chi connectivity index (χ1v) is 10.5. The first kappa shape index (κ1) is 18.7. The van der Waals surface area contributed by atoms with Crippen molar-refractivity contribution in [3.63, 3.8) is 0 Å². The number of carbonyl (C=O) groups excluding carboxylic acids is 2. The smallest absolute Gasteiger partial charge is 0.223 e. The van der Waals surface area contributed by atoms with Gasteiger partial charge in [0, 0.05) is 24.9 Å². The van der Waals surface area contributed by atoms with Crippen LogP contribution >= 0.6 is 0 Å². The molecular weight excluding hydrogens is 314 g/mol. The largest absolute Gasteiger partial charge is 0.356 e. The number of amides is 2. The lowest BCUT2D eigenvalue weighted by molar-refractivity contribution is -0.126. The van der Waals surface area contributed by atoms with Crippen molar-refractivity contribution in [1.82, 2.24) is 16.0 Å². The van der Waals surface area contributed by atoms with Gasteiger partial charge in [0.1, 0.15) is 0 Å². The first-order chi connectivity index (χ1) is 12.2. The van der Waals surface area contributed by atoms with Gasteiger partial charge in [-0.3, -0.25) is 9.59 Å². The fourth-order valence-corrected chi connectivity index (χ4v) is 4.75. The number of nitrogens with one attached hydrogen (secondary N) is 3. The van der Waals surface area contributed by atoms with Gasteiger partial charge in [0.05, 0.1) is 0 Å². The van der Waals surface area contributed by atoms with E-state index in [1.807, 2.05) is 0 Å². The van der Waals surface area contributed by atoms with Crippen LogP contribution in [0.2, 0.25) is 0 Å². The summed E-state index contributed by atoms with van der Waals surface area (Å²) in [5, 5.41) is 9.77. The minimum atomic E-state index is 0.138. The van der Waals surface area contributed by atoms with Gasteiger partial charge in [0.25, 0.3) is 0 Å². The minimum absolute atomic E-state index is 0.138. The van der Waals surface area contributed by atoms with E-state index in [1.54, 1.807) is 0 Å². The lowest BCUT2D eigenvalue weighted by Crippen LogP contribution is -2.43. The van der Waals surface area contributed by atoms with Gasteiger partial charge >= 0.3 is 0 Å². The normalized spacial score (nSPS) is 30.8. The zero-order chi connectivity index (χ0) is 17.5. The van der Waals surface area contributed by atoms with Crippen molar-refractivity contribution in [2.24, 2.45) is 17.8 Å². The molecule has 0 aromatic carbocycles. The van der Waals surface area contributed by atoms with Crippen LogP contribution in [0.5, 0.6) is 0 Å². The molecule has 2 saturated carbocycles. The maximum atomic E-state index is 12.4. The topological polar surface area (TPSA) is 70.2 Å². The summed E-state index contributed by atoms with van der Waals surface area (Å²) < 4.78 is 0. The molecule has 2 amide bonds. The van der Waals surface area contributed by atoms with Crippen molar-refractivity contribution in [3.05, 3.63) is 0 Å². The Labute approximate surface area is 152 Å². The van der Waals surface area contributed by atoms with E-state index < -0.39 is 0 Å². The van der Waals surface area contributed by atoms with E-state index >= 15 is 0 Å². The monoisotopic (exact) mass is 349 g/mol. The highest BCUT2D eigenvalue weighted by Crippen LogP contribution is 2.28. The quantitative estimate of drug-likeness (QED) is 0.689. The Balaban J connectivity index is 1.30. The standard InChI is InChI=1S/C20H35N3O2/c24-19(12-15-4-1-2-5-15)23-18-9-7-17(8-10-18)20(25)22-14-16-6-3-11-21-13-16/h15-18,21H,1-14H2,(H,22,25)(H,23,24). The average molecular weight is 350 g/mol. The highest BCUT2D eigenvalue weighted by atomic mass is 16.2. The molecule has 142 valence electrons. The van der Waals surface area contributed by atoms with E-state index in [1.165, 1.54) is 38.5 Å². The second-order valence-corrected chi connectivity index (χ2v) is 8.43. The van der Waals surface area contributed by atoms with Crippen molar-refractivity contribution >= 4 is 11.8 Å². The van der Waals surface area contributed by atoms with Crippen molar-refractivity contribution in [3.8, 4) is 0 Å². The lowest BCUT2D eigenvalue weighted by atomic mass is 9.85. The number of hydrogen-bond acceptors (Lipinski definition) is 3. The third-order valence-corrected chi connectivity index (χ3v) is 6.38. The van der Waals surface area contributed by atoms with E-state index in [9.17, 15) is 9.59 Å². The maximum Gasteiger partial charge on any atom is 0.223 e. The van der Waals surface area contributed by atoms with Crippen LogP contribution < -0.4 is 16.0 Å². The average Bonchev–Trinajstić information content (AvgIpc) is 3.14. The van der Waals surface area contributed by atoms with E-state index in [-0.39, 0.29) is 23.8 Å². The van der Waals surface area contributed by atoms with Crippen LogP contribution in [0.3, 0.4) is 0 Å². The molecule has 3 aliphatic rings. The summed E-state index contributed by atoms with van der Waals surface area (Å²) in [5.41, 5.74) is 0. The van der Waals surface area contributed by atoms with Gasteiger partial charge in [0.2, 0.25) is 11.8 Å². The van der Waals surface area contributed by atoms with E-state index in [4.69, 9.17) is 0 Å². The predicted molar refractivity (Wildman–Crippen MR) is 99.1 cm³/mol.